The Labute approximate surface area is 208 Å². The van der Waals surface area contributed by atoms with Crippen LogP contribution in [0.2, 0.25) is 10.0 Å². The molecule has 1 aromatic carbocycles. The van der Waals surface area contributed by atoms with Crippen LogP contribution in [-0.2, 0) is 27.2 Å². The molecular formula is C22H20Cl2N6O5. The smallest absolute Gasteiger partial charge is 0.344 e. The predicted molar refractivity (Wildman–Crippen MR) is 127 cm³/mol. The third-order valence-corrected chi connectivity index (χ3v) is 6.14. The minimum absolute atomic E-state index is 0.104. The lowest BCUT2D eigenvalue weighted by Crippen LogP contribution is -2.46. The number of nitrogens with zero attached hydrogens (tertiary/aromatic N) is 3. The first kappa shape index (κ1) is 24.4. The Kier molecular flexibility index (Phi) is 7.17. The second-order valence-corrected chi connectivity index (χ2v) is 8.60. The van der Waals surface area contributed by atoms with Crippen LogP contribution in [0.15, 0.2) is 41.5 Å². The number of halogens is 2. The number of rotatable bonds is 7. The van der Waals surface area contributed by atoms with Gasteiger partial charge in [0.2, 0.25) is 5.91 Å². The van der Waals surface area contributed by atoms with Gasteiger partial charge >= 0.3 is 11.7 Å². The van der Waals surface area contributed by atoms with Crippen LogP contribution in [0.25, 0.3) is 0 Å². The first-order chi connectivity index (χ1) is 16.8. The Hall–Kier alpha value is -3.70. The Balaban J connectivity index is 1.43. The summed E-state index contributed by atoms with van der Waals surface area (Å²) in [5.74, 6) is -1.11. The highest BCUT2D eigenvalue weighted by Crippen LogP contribution is 2.25. The number of carbonyl (C=O) groups is 3. The molecule has 0 bridgehead atoms. The summed E-state index contributed by atoms with van der Waals surface area (Å²) in [6, 6.07) is 4.94. The molecule has 0 radical (unpaired) electrons. The van der Waals surface area contributed by atoms with Gasteiger partial charge in [0.05, 0.1) is 22.7 Å². The molecule has 0 fully saturated rings. The number of hydrogen-bond donors (Lipinski definition) is 3. The van der Waals surface area contributed by atoms with E-state index in [1.807, 2.05) is 0 Å². The molecule has 1 unspecified atom stereocenters. The molecule has 1 aliphatic heterocycles. The number of aromatic nitrogens is 4. The van der Waals surface area contributed by atoms with Gasteiger partial charge in [-0.25, -0.2) is 14.7 Å². The average molecular weight is 519 g/mol. The van der Waals surface area contributed by atoms with Gasteiger partial charge < -0.3 is 15.4 Å². The Bertz CT molecular complexity index is 1320. The first-order valence-corrected chi connectivity index (χ1v) is 11.3. The molecule has 0 aliphatic carbocycles. The molecule has 13 heteroatoms. The summed E-state index contributed by atoms with van der Waals surface area (Å²) < 4.78 is 6.14. The van der Waals surface area contributed by atoms with E-state index in [2.05, 4.69) is 25.8 Å². The van der Waals surface area contributed by atoms with Crippen LogP contribution in [0.5, 0.6) is 0 Å². The number of aromatic amines is 1. The van der Waals surface area contributed by atoms with E-state index in [1.165, 1.54) is 24.1 Å². The molecule has 3 aromatic rings. The molecule has 3 N–H and O–H groups in total. The lowest BCUT2D eigenvalue weighted by Gasteiger charge is -2.19. The van der Waals surface area contributed by atoms with Crippen LogP contribution >= 0.6 is 23.2 Å². The molecular weight excluding hydrogens is 499 g/mol. The summed E-state index contributed by atoms with van der Waals surface area (Å²) in [5.41, 5.74) is 0.803. The lowest BCUT2D eigenvalue weighted by atomic mass is 10.0. The van der Waals surface area contributed by atoms with Crippen LogP contribution in [0.4, 0.5) is 5.69 Å². The highest BCUT2D eigenvalue weighted by molar-refractivity contribution is 6.40. The van der Waals surface area contributed by atoms with Crippen molar-refractivity contribution in [2.24, 2.45) is 0 Å². The maximum Gasteiger partial charge on any atom is 0.344 e. The number of aryl methyl sites for hydroxylation is 1. The molecule has 1 aliphatic rings. The van der Waals surface area contributed by atoms with Crippen molar-refractivity contribution in [1.29, 1.82) is 0 Å². The van der Waals surface area contributed by atoms with E-state index in [-0.39, 0.29) is 22.0 Å². The van der Waals surface area contributed by atoms with Crippen molar-refractivity contribution in [2.75, 3.05) is 12.4 Å². The number of hydrogen-bond acceptors (Lipinski definition) is 7. The number of ether oxygens (including phenoxy) is 1. The van der Waals surface area contributed by atoms with E-state index in [9.17, 15) is 19.2 Å². The third kappa shape index (κ3) is 5.20. The average Bonchev–Trinajstić information content (AvgIpc) is 3.42. The number of amides is 2. The largest absolute Gasteiger partial charge is 0.467 e. The fourth-order valence-electron chi connectivity index (χ4n) is 3.86. The summed E-state index contributed by atoms with van der Waals surface area (Å²) in [6.07, 6.45) is 3.66. The van der Waals surface area contributed by atoms with Crippen molar-refractivity contribution in [3.63, 3.8) is 0 Å². The molecule has 2 atom stereocenters. The maximum atomic E-state index is 12.9. The molecule has 3 heterocycles. The van der Waals surface area contributed by atoms with E-state index in [0.29, 0.717) is 29.9 Å². The monoisotopic (exact) mass is 518 g/mol. The van der Waals surface area contributed by atoms with E-state index in [0.717, 1.165) is 0 Å². The molecule has 35 heavy (non-hydrogen) atoms. The number of benzene rings is 1. The number of pyridine rings is 1. The lowest BCUT2D eigenvalue weighted by molar-refractivity contribution is -0.145. The zero-order chi connectivity index (χ0) is 25.1. The quantitative estimate of drug-likeness (QED) is 0.404. The molecule has 0 spiro atoms. The van der Waals surface area contributed by atoms with Gasteiger partial charge in [-0.1, -0.05) is 35.3 Å². The zero-order valence-electron chi connectivity index (χ0n) is 18.4. The van der Waals surface area contributed by atoms with Gasteiger partial charge in [0.25, 0.3) is 5.91 Å². The minimum Gasteiger partial charge on any atom is -0.467 e. The van der Waals surface area contributed by atoms with Gasteiger partial charge in [-0.15, -0.1) is 0 Å². The SMILES string of the molecule is COC(=O)[C@H](Cc1ccc(NC(=O)c2c(Cl)cncc2Cl)cc1)NC(=O)C1CCc2n[nH]c(=O)n21. The van der Waals surface area contributed by atoms with E-state index in [1.54, 1.807) is 24.3 Å². The predicted octanol–water partition coefficient (Wildman–Crippen LogP) is 1.91. The van der Waals surface area contributed by atoms with Gasteiger partial charge in [0, 0.05) is 30.9 Å². The molecule has 0 saturated heterocycles. The number of H-pyrrole nitrogens is 1. The van der Waals surface area contributed by atoms with Crippen molar-refractivity contribution < 1.29 is 19.1 Å². The van der Waals surface area contributed by atoms with Gasteiger partial charge in [-0.05, 0) is 24.1 Å². The number of esters is 1. The van der Waals surface area contributed by atoms with Gasteiger partial charge in [0.15, 0.2) is 0 Å². The van der Waals surface area contributed by atoms with E-state index in [4.69, 9.17) is 27.9 Å². The highest BCUT2D eigenvalue weighted by atomic mass is 35.5. The van der Waals surface area contributed by atoms with Crippen molar-refractivity contribution in [3.05, 3.63) is 74.1 Å². The highest BCUT2D eigenvalue weighted by Gasteiger charge is 2.34. The van der Waals surface area contributed by atoms with Crippen molar-refractivity contribution in [1.82, 2.24) is 25.1 Å². The van der Waals surface area contributed by atoms with E-state index >= 15 is 0 Å². The summed E-state index contributed by atoms with van der Waals surface area (Å²) in [4.78, 5) is 53.5. The third-order valence-electron chi connectivity index (χ3n) is 5.57. The summed E-state index contributed by atoms with van der Waals surface area (Å²) in [6.45, 7) is 0. The standard InChI is InChI=1S/C22H20Cl2N6O5/c1-35-21(33)15(27-19(31)16-6-7-17-28-29-22(34)30(16)17)8-11-2-4-12(5-3-11)26-20(32)18-13(23)9-25-10-14(18)24/h2-5,9-10,15-16H,6-8H2,1H3,(H,26,32)(H,27,31)(H,29,34)/t15-,16?/m0/s1. The molecule has 4 rings (SSSR count). The van der Waals surface area contributed by atoms with E-state index < -0.39 is 35.6 Å². The molecule has 2 aromatic heterocycles. The van der Waals surface area contributed by atoms with Crippen molar-refractivity contribution >= 4 is 46.7 Å². The molecule has 2 amide bonds. The van der Waals surface area contributed by atoms with Gasteiger partial charge in [-0.3, -0.25) is 19.1 Å². The zero-order valence-corrected chi connectivity index (χ0v) is 19.9. The van der Waals surface area contributed by atoms with Crippen LogP contribution in [-0.4, -0.2) is 50.7 Å². The topological polar surface area (TPSA) is 148 Å². The maximum absolute atomic E-state index is 12.9. The minimum atomic E-state index is -0.978. The Morgan fingerprint density at radius 2 is 1.89 bits per heavy atom. The first-order valence-electron chi connectivity index (χ1n) is 10.5. The fourth-order valence-corrected chi connectivity index (χ4v) is 4.40. The van der Waals surface area contributed by atoms with Crippen molar-refractivity contribution in [2.45, 2.75) is 31.3 Å². The number of methoxy groups -OCH3 is 1. The number of nitrogens with one attached hydrogen (secondary N) is 3. The Morgan fingerprint density at radius 1 is 1.20 bits per heavy atom. The van der Waals surface area contributed by atoms with Crippen LogP contribution in [0, 0.1) is 0 Å². The molecule has 0 saturated carbocycles. The number of fused-ring (bicyclic) bond motifs is 1. The summed E-state index contributed by atoms with van der Waals surface area (Å²) in [5, 5.41) is 11.8. The normalized spacial score (nSPS) is 15.2. The number of anilines is 1. The van der Waals surface area contributed by atoms with Crippen LogP contribution in [0.1, 0.15) is 34.2 Å². The van der Waals surface area contributed by atoms with Crippen LogP contribution in [0.3, 0.4) is 0 Å². The second kappa shape index (κ2) is 10.3. The molecule has 182 valence electrons. The van der Waals surface area contributed by atoms with Crippen molar-refractivity contribution in [3.8, 4) is 0 Å². The summed E-state index contributed by atoms with van der Waals surface area (Å²) in [7, 11) is 1.23. The second-order valence-electron chi connectivity index (χ2n) is 7.79. The van der Waals surface area contributed by atoms with Gasteiger partial charge in [0.1, 0.15) is 17.9 Å². The van der Waals surface area contributed by atoms with Crippen LogP contribution < -0.4 is 16.3 Å². The fraction of sp³-hybridized carbons (Fsp3) is 0.273. The summed E-state index contributed by atoms with van der Waals surface area (Å²) >= 11 is 12.1. The Morgan fingerprint density at radius 3 is 2.54 bits per heavy atom. The molecule has 11 nitrogen and oxygen atoms in total. The number of carbonyl (C=O) groups excluding carboxylic acids is 3. The van der Waals surface area contributed by atoms with Gasteiger partial charge in [-0.2, -0.15) is 5.10 Å².